The summed E-state index contributed by atoms with van der Waals surface area (Å²) in [5, 5.41) is 2.76. The monoisotopic (exact) mass is 563 g/mol. The smallest absolute Gasteiger partial charge is 0.413 e. The largest absolute Gasteiger partial charge is 0.444 e. The minimum Gasteiger partial charge on any atom is -0.444 e. The van der Waals surface area contributed by atoms with Crippen molar-refractivity contribution in [2.24, 2.45) is 0 Å². The Morgan fingerprint density at radius 1 is 1.15 bits per heavy atom. The fourth-order valence-electron chi connectivity index (χ4n) is 5.56. The number of pyridine rings is 2. The molecule has 0 aromatic carbocycles. The van der Waals surface area contributed by atoms with E-state index in [0.29, 0.717) is 67.9 Å². The number of aromatic amines is 1. The quantitative estimate of drug-likeness (QED) is 0.425. The van der Waals surface area contributed by atoms with E-state index in [0.717, 1.165) is 16.8 Å². The number of nitrogens with zero attached hydrogens (tertiary/aromatic N) is 3. The summed E-state index contributed by atoms with van der Waals surface area (Å²) < 4.78 is 22.7. The number of nitrogens with one attached hydrogen (secondary N) is 2. The molecule has 1 aliphatic carbocycles. The van der Waals surface area contributed by atoms with Crippen LogP contribution < -0.4 is 5.32 Å². The van der Waals surface area contributed by atoms with E-state index in [1.807, 2.05) is 12.3 Å². The van der Waals surface area contributed by atoms with Gasteiger partial charge in [0.25, 0.3) is 5.91 Å². The van der Waals surface area contributed by atoms with Gasteiger partial charge < -0.3 is 28.8 Å². The van der Waals surface area contributed by atoms with Gasteiger partial charge >= 0.3 is 6.09 Å². The summed E-state index contributed by atoms with van der Waals surface area (Å²) in [6.45, 7) is 7.31. The van der Waals surface area contributed by atoms with Crippen LogP contribution in [0.2, 0.25) is 0 Å². The maximum absolute atomic E-state index is 14.2. The minimum atomic E-state index is -0.652. The van der Waals surface area contributed by atoms with Crippen LogP contribution in [0.15, 0.2) is 24.4 Å². The molecule has 0 radical (unpaired) electrons. The Morgan fingerprint density at radius 2 is 1.95 bits per heavy atom. The van der Waals surface area contributed by atoms with Crippen LogP contribution in [0, 0.1) is 0 Å². The van der Waals surface area contributed by atoms with E-state index < -0.39 is 11.7 Å². The lowest BCUT2D eigenvalue weighted by atomic mass is 10.0. The number of carbonyl (C=O) groups is 2. The molecule has 0 spiro atoms. The predicted octanol–water partition coefficient (Wildman–Crippen LogP) is 4.66. The van der Waals surface area contributed by atoms with Crippen LogP contribution in [0.5, 0.6) is 0 Å². The lowest BCUT2D eigenvalue weighted by Gasteiger charge is -2.38. The number of amides is 2. The fourth-order valence-corrected chi connectivity index (χ4v) is 5.56. The SMILES string of the molecule is CO[C@@H]1CCOC[C@H]1N(Cc1ccc(C2CC2)cn1)C(=O)c1cc2nc(NC(=O)OC(C)(C)C)c3c(c2[nH]1)COC3. The highest BCUT2D eigenvalue weighted by Crippen LogP contribution is 2.39. The average Bonchev–Trinajstić information content (AvgIpc) is 3.50. The molecule has 11 nitrogen and oxygen atoms in total. The van der Waals surface area contributed by atoms with Gasteiger partial charge in [-0.05, 0) is 63.6 Å². The molecule has 0 unspecified atom stereocenters. The highest BCUT2D eigenvalue weighted by molar-refractivity contribution is 5.99. The highest BCUT2D eigenvalue weighted by atomic mass is 16.6. The van der Waals surface area contributed by atoms with E-state index in [1.54, 1.807) is 38.8 Å². The normalized spacial score (nSPS) is 20.6. The van der Waals surface area contributed by atoms with Crippen LogP contribution in [0.4, 0.5) is 10.6 Å². The predicted molar refractivity (Wildman–Crippen MR) is 151 cm³/mol. The van der Waals surface area contributed by atoms with Crippen molar-refractivity contribution in [3.8, 4) is 0 Å². The zero-order valence-electron chi connectivity index (χ0n) is 24.0. The lowest BCUT2D eigenvalue weighted by molar-refractivity contribution is -0.0716. The summed E-state index contributed by atoms with van der Waals surface area (Å²) in [5.74, 6) is 0.773. The summed E-state index contributed by atoms with van der Waals surface area (Å²) in [5.41, 5.74) is 4.67. The summed E-state index contributed by atoms with van der Waals surface area (Å²) in [7, 11) is 1.67. The van der Waals surface area contributed by atoms with Crippen molar-refractivity contribution in [2.75, 3.05) is 25.6 Å². The van der Waals surface area contributed by atoms with Crippen LogP contribution in [0.3, 0.4) is 0 Å². The van der Waals surface area contributed by atoms with Gasteiger partial charge in [-0.3, -0.25) is 15.1 Å². The fraction of sp³-hybridized carbons (Fsp3) is 0.533. The second-order valence-electron chi connectivity index (χ2n) is 12.0. The first-order valence-electron chi connectivity index (χ1n) is 14.2. The van der Waals surface area contributed by atoms with Gasteiger partial charge in [0, 0.05) is 31.0 Å². The van der Waals surface area contributed by atoms with Crippen molar-refractivity contribution >= 4 is 28.9 Å². The Kier molecular flexibility index (Phi) is 7.43. The molecule has 218 valence electrons. The Morgan fingerprint density at radius 3 is 2.66 bits per heavy atom. The summed E-state index contributed by atoms with van der Waals surface area (Å²) in [6.07, 6.45) is 4.27. The lowest BCUT2D eigenvalue weighted by Crippen LogP contribution is -2.52. The average molecular weight is 564 g/mol. The number of H-pyrrole nitrogens is 1. The van der Waals surface area contributed by atoms with Crippen LogP contribution in [-0.2, 0) is 38.7 Å². The van der Waals surface area contributed by atoms with Gasteiger partial charge in [0.2, 0.25) is 0 Å². The van der Waals surface area contributed by atoms with E-state index in [9.17, 15) is 9.59 Å². The van der Waals surface area contributed by atoms with E-state index in [-0.39, 0.29) is 18.1 Å². The van der Waals surface area contributed by atoms with Gasteiger partial charge in [-0.15, -0.1) is 0 Å². The summed E-state index contributed by atoms with van der Waals surface area (Å²) in [6, 6.07) is 5.55. The molecule has 11 heteroatoms. The molecular weight excluding hydrogens is 526 g/mol. The number of hydrogen-bond acceptors (Lipinski definition) is 8. The molecule has 2 atom stereocenters. The molecule has 3 aliphatic rings. The Labute approximate surface area is 238 Å². The maximum atomic E-state index is 14.2. The Balaban J connectivity index is 1.32. The topological polar surface area (TPSA) is 128 Å². The Bertz CT molecular complexity index is 1440. The van der Waals surface area contributed by atoms with Crippen LogP contribution in [0.1, 0.15) is 78.8 Å². The number of methoxy groups -OCH3 is 1. The second-order valence-corrected chi connectivity index (χ2v) is 12.0. The van der Waals surface area contributed by atoms with E-state index in [2.05, 4.69) is 26.3 Å². The third-order valence-corrected chi connectivity index (χ3v) is 7.78. The number of rotatable bonds is 7. The number of aromatic nitrogens is 3. The molecular formula is C30H37N5O6. The van der Waals surface area contributed by atoms with Gasteiger partial charge in [-0.2, -0.15) is 0 Å². The zero-order valence-corrected chi connectivity index (χ0v) is 24.0. The van der Waals surface area contributed by atoms with Crippen LogP contribution in [0.25, 0.3) is 11.0 Å². The first kappa shape index (κ1) is 27.6. The second kappa shape index (κ2) is 11.0. The molecule has 1 saturated heterocycles. The molecule has 3 aromatic rings. The van der Waals surface area contributed by atoms with E-state index in [4.69, 9.17) is 18.9 Å². The first-order valence-corrected chi connectivity index (χ1v) is 14.2. The van der Waals surface area contributed by atoms with Gasteiger partial charge in [0.15, 0.2) is 0 Å². The standard InChI is InChI=1S/C30H37N5O6/c1-30(2,3)41-29(37)34-27-21-15-40-14-20(21)26-22(33-27)11-23(32-26)28(36)35(24-16-39-10-9-25(24)38-4)13-19-8-7-18(12-31-19)17-5-6-17/h7-8,11-12,17,24-25,32H,5-6,9-10,13-16H2,1-4H3,(H,33,34,37)/t24-,25-/m1/s1. The Hall–Kier alpha value is -3.54. The first-order chi connectivity index (χ1) is 19.7. The van der Waals surface area contributed by atoms with Crippen LogP contribution >= 0.6 is 0 Å². The number of carbonyl (C=O) groups excluding carboxylic acids is 2. The third-order valence-electron chi connectivity index (χ3n) is 7.78. The van der Waals surface area contributed by atoms with Crippen molar-refractivity contribution in [2.45, 2.75) is 83.5 Å². The van der Waals surface area contributed by atoms with Crippen molar-refractivity contribution in [3.05, 3.63) is 52.5 Å². The van der Waals surface area contributed by atoms with Gasteiger partial charge in [-0.25, -0.2) is 9.78 Å². The zero-order chi connectivity index (χ0) is 28.7. The van der Waals surface area contributed by atoms with Crippen molar-refractivity contribution in [3.63, 3.8) is 0 Å². The number of ether oxygens (including phenoxy) is 4. The van der Waals surface area contributed by atoms with Crippen molar-refractivity contribution < 1.29 is 28.5 Å². The van der Waals surface area contributed by atoms with Crippen LogP contribution in [-0.4, -0.2) is 69.9 Å². The third kappa shape index (κ3) is 5.93. The number of hydrogen-bond donors (Lipinski definition) is 2. The maximum Gasteiger partial charge on any atom is 0.413 e. The molecule has 6 rings (SSSR count). The molecule has 5 heterocycles. The van der Waals surface area contributed by atoms with Crippen molar-refractivity contribution in [1.29, 1.82) is 0 Å². The highest BCUT2D eigenvalue weighted by Gasteiger charge is 2.36. The molecule has 41 heavy (non-hydrogen) atoms. The molecule has 2 fully saturated rings. The number of anilines is 1. The molecule has 2 N–H and O–H groups in total. The van der Waals surface area contributed by atoms with E-state index >= 15 is 0 Å². The molecule has 0 bridgehead atoms. The van der Waals surface area contributed by atoms with E-state index in [1.165, 1.54) is 18.4 Å². The van der Waals surface area contributed by atoms with Crippen molar-refractivity contribution in [1.82, 2.24) is 19.9 Å². The number of fused-ring (bicyclic) bond motifs is 3. The molecule has 2 aliphatic heterocycles. The molecule has 3 aromatic heterocycles. The summed E-state index contributed by atoms with van der Waals surface area (Å²) >= 11 is 0. The minimum absolute atomic E-state index is 0.164. The molecule has 2 amide bonds. The van der Waals surface area contributed by atoms with Gasteiger partial charge in [0.05, 0.1) is 55.2 Å². The van der Waals surface area contributed by atoms with Gasteiger partial charge in [-0.1, -0.05) is 6.07 Å². The summed E-state index contributed by atoms with van der Waals surface area (Å²) in [4.78, 5) is 41.2. The molecule has 1 saturated carbocycles. The van der Waals surface area contributed by atoms with Gasteiger partial charge in [0.1, 0.15) is 17.1 Å².